The van der Waals surface area contributed by atoms with Crippen LogP contribution >= 0.6 is 11.3 Å². The predicted molar refractivity (Wildman–Crippen MR) is 83.5 cm³/mol. The number of carboxylic acids is 1. The minimum absolute atomic E-state index is 0. The Kier molecular flexibility index (Phi) is 6.83. The van der Waals surface area contributed by atoms with E-state index in [-0.39, 0.29) is 63.4 Å². The largest absolute Gasteiger partial charge is 1.00 e. The van der Waals surface area contributed by atoms with Gasteiger partial charge in [0.1, 0.15) is 6.04 Å². The number of hydrogen-bond acceptors (Lipinski definition) is 8. The molecule has 0 unspecified atom stereocenters. The number of nitrogens with zero attached hydrogens (tertiary/aromatic N) is 1. The van der Waals surface area contributed by atoms with Crippen molar-refractivity contribution >= 4 is 39.0 Å². The second-order valence-corrected chi connectivity index (χ2v) is 8.73. The van der Waals surface area contributed by atoms with Crippen molar-refractivity contribution < 1.29 is 84.4 Å². The van der Waals surface area contributed by atoms with Gasteiger partial charge in [0, 0.05) is 4.88 Å². The molecule has 0 radical (unpaired) electrons. The third-order valence-electron chi connectivity index (χ3n) is 3.98. The number of sulfone groups is 1. The molecule has 3 heterocycles. The number of aliphatic hydroxyl groups excluding tert-OH is 1. The van der Waals surface area contributed by atoms with Crippen LogP contribution in [0.1, 0.15) is 4.88 Å². The third-order valence-corrected chi connectivity index (χ3v) is 6.82. The Labute approximate surface area is 195 Å². The molecule has 2 aliphatic rings. The monoisotopic (exact) mass is 424 g/mol. The van der Waals surface area contributed by atoms with Crippen LogP contribution in [-0.2, 0) is 30.6 Å². The van der Waals surface area contributed by atoms with Crippen LogP contribution < -0.4 is 61.8 Å². The summed E-state index contributed by atoms with van der Waals surface area (Å²) in [5.74, 6) is -3.86. The number of carbonyl (C=O) groups is 3. The van der Waals surface area contributed by atoms with Crippen molar-refractivity contribution in [2.75, 3.05) is 12.4 Å². The molecule has 0 spiro atoms. The molecule has 2 N–H and O–H groups in total. The molecule has 12 heteroatoms. The summed E-state index contributed by atoms with van der Waals surface area (Å²) in [6.45, 7) is -0.825. The van der Waals surface area contributed by atoms with Crippen molar-refractivity contribution in [3.63, 3.8) is 0 Å². The van der Waals surface area contributed by atoms with E-state index in [4.69, 9.17) is 0 Å². The van der Waals surface area contributed by atoms with E-state index >= 15 is 0 Å². The molecule has 0 saturated carbocycles. The number of fused-ring (bicyclic) bond motifs is 1. The maximum absolute atomic E-state index is 12.3. The van der Waals surface area contributed by atoms with Crippen LogP contribution in [0, 0.1) is 0 Å². The first-order valence-electron chi connectivity index (χ1n) is 7.17. The first kappa shape index (κ1) is 21.7. The van der Waals surface area contributed by atoms with Crippen molar-refractivity contribution in [3.8, 4) is 0 Å². The smallest absolute Gasteiger partial charge is 0.543 e. The van der Waals surface area contributed by atoms with Gasteiger partial charge >= 0.3 is 51.4 Å². The van der Waals surface area contributed by atoms with Gasteiger partial charge in [0.2, 0.25) is 5.91 Å². The van der Waals surface area contributed by atoms with Crippen molar-refractivity contribution in [3.05, 3.63) is 33.7 Å². The standard InChI is InChI=1S/C14H14N2O7S2.K/c17-5-7-6-25(22,23)13-10(12(19)16(13)11(7)14(20)21)15-9(18)4-8-2-1-3-24-8;/h1-3,10,13,17H,4-6H2,(H,15,18)(H,20,21);/q;+1/p-1/t10-,13-;/m0./s1. The number of nitrogens with one attached hydrogen (secondary N) is 1. The summed E-state index contributed by atoms with van der Waals surface area (Å²) in [5, 5.41) is 23.1. The predicted octanol–water partition coefficient (Wildman–Crippen LogP) is -5.63. The van der Waals surface area contributed by atoms with Crippen molar-refractivity contribution in [1.29, 1.82) is 0 Å². The summed E-state index contributed by atoms with van der Waals surface area (Å²) < 4.78 is 24.7. The first-order valence-corrected chi connectivity index (χ1v) is 9.76. The molecule has 2 amide bonds. The van der Waals surface area contributed by atoms with Gasteiger partial charge in [-0.3, -0.25) is 14.5 Å². The van der Waals surface area contributed by atoms with Crippen molar-refractivity contribution in [2.45, 2.75) is 17.8 Å². The van der Waals surface area contributed by atoms with Gasteiger partial charge in [0.25, 0.3) is 5.91 Å². The molecule has 9 nitrogen and oxygen atoms in total. The number of rotatable bonds is 5. The van der Waals surface area contributed by atoms with Gasteiger partial charge in [-0.1, -0.05) is 6.07 Å². The summed E-state index contributed by atoms with van der Waals surface area (Å²) in [7, 11) is -3.96. The maximum atomic E-state index is 12.3. The summed E-state index contributed by atoms with van der Waals surface area (Å²) >= 11 is 1.34. The average Bonchev–Trinajstić information content (AvgIpc) is 3.03. The van der Waals surface area contributed by atoms with Crippen molar-refractivity contribution in [1.82, 2.24) is 10.2 Å². The van der Waals surface area contributed by atoms with E-state index in [9.17, 15) is 33.0 Å². The van der Waals surface area contributed by atoms with Gasteiger partial charge in [0.05, 0.1) is 30.4 Å². The number of amides is 2. The normalized spacial score (nSPS) is 23.6. The second kappa shape index (κ2) is 8.18. The molecular weight excluding hydrogens is 411 g/mol. The molecule has 0 aromatic carbocycles. The van der Waals surface area contributed by atoms with E-state index in [2.05, 4.69) is 5.32 Å². The number of thiophene rings is 1. The van der Waals surface area contributed by atoms with Crippen LogP contribution in [0.5, 0.6) is 0 Å². The molecule has 1 aromatic rings. The molecule has 2 aliphatic heterocycles. The Morgan fingerprint density at radius 2 is 2.12 bits per heavy atom. The molecule has 134 valence electrons. The topological polar surface area (TPSA) is 144 Å². The van der Waals surface area contributed by atoms with Crippen LogP contribution in [0.2, 0.25) is 0 Å². The molecule has 3 rings (SSSR count). The fraction of sp³-hybridized carbons (Fsp3) is 0.357. The minimum atomic E-state index is -3.96. The Bertz CT molecular complexity index is 879. The Morgan fingerprint density at radius 1 is 1.42 bits per heavy atom. The van der Waals surface area contributed by atoms with E-state index < -0.39 is 57.1 Å². The van der Waals surface area contributed by atoms with Gasteiger partial charge in [-0.05, 0) is 17.0 Å². The quantitative estimate of drug-likeness (QED) is 0.354. The number of carbonyl (C=O) groups excluding carboxylic acids is 3. The Balaban J connectivity index is 0.00000243. The summed E-state index contributed by atoms with van der Waals surface area (Å²) in [6, 6.07) is 2.12. The fourth-order valence-electron chi connectivity index (χ4n) is 2.93. The average molecular weight is 424 g/mol. The molecule has 2 atom stereocenters. The van der Waals surface area contributed by atoms with Crippen LogP contribution in [0.3, 0.4) is 0 Å². The van der Waals surface area contributed by atoms with Gasteiger partial charge in [-0.2, -0.15) is 0 Å². The summed E-state index contributed by atoms with van der Waals surface area (Å²) in [4.78, 5) is 36.8. The first-order chi connectivity index (χ1) is 11.8. The number of carboxylic acid groups (broad SMARTS) is 1. The second-order valence-electron chi connectivity index (χ2n) is 5.61. The van der Waals surface area contributed by atoms with E-state index in [1.54, 1.807) is 17.5 Å². The summed E-state index contributed by atoms with van der Waals surface area (Å²) in [6.07, 6.45) is -0.0146. The molecule has 1 fully saturated rings. The zero-order chi connectivity index (χ0) is 18.4. The van der Waals surface area contributed by atoms with Gasteiger partial charge < -0.3 is 20.3 Å². The molecule has 1 aromatic heterocycles. The van der Waals surface area contributed by atoms with Crippen LogP contribution in [0.25, 0.3) is 0 Å². The number of β-lactam (4-membered cyclic amide) rings is 1. The van der Waals surface area contributed by atoms with E-state index in [0.717, 1.165) is 4.88 Å². The Hall–Kier alpha value is -0.604. The molecule has 0 aliphatic carbocycles. The number of aliphatic carboxylic acids is 1. The van der Waals surface area contributed by atoms with Gasteiger partial charge in [0.15, 0.2) is 15.2 Å². The maximum Gasteiger partial charge on any atom is 1.00 e. The fourth-order valence-corrected chi connectivity index (χ4v) is 5.65. The SMILES string of the molecule is O=C(Cc1cccs1)N[C@H]1C(=O)N2C(C(=O)[O-])=C(CO)CS(=O)(=O)[C@@H]12.[K+]. The molecule has 26 heavy (non-hydrogen) atoms. The number of hydrogen-bond donors (Lipinski definition) is 2. The van der Waals surface area contributed by atoms with E-state index in [1.165, 1.54) is 11.3 Å². The van der Waals surface area contributed by atoms with E-state index in [1.807, 2.05) is 0 Å². The van der Waals surface area contributed by atoms with Crippen LogP contribution in [0.4, 0.5) is 0 Å². The third kappa shape index (κ3) is 3.82. The zero-order valence-corrected chi connectivity index (χ0v) is 18.4. The van der Waals surface area contributed by atoms with Crippen LogP contribution in [0.15, 0.2) is 28.8 Å². The minimum Gasteiger partial charge on any atom is -0.543 e. The molecule has 0 bridgehead atoms. The van der Waals surface area contributed by atoms with E-state index in [0.29, 0.717) is 4.90 Å². The van der Waals surface area contributed by atoms with Crippen molar-refractivity contribution in [2.24, 2.45) is 0 Å². The Morgan fingerprint density at radius 3 is 2.65 bits per heavy atom. The van der Waals surface area contributed by atoms with Gasteiger partial charge in [-0.25, -0.2) is 8.42 Å². The molecular formula is C14H13KN2O7S2. The van der Waals surface area contributed by atoms with Gasteiger partial charge in [-0.15, -0.1) is 11.3 Å². The van der Waals surface area contributed by atoms with Crippen LogP contribution in [-0.4, -0.2) is 60.0 Å². The summed E-state index contributed by atoms with van der Waals surface area (Å²) in [5.41, 5.74) is -0.955. The molecule has 1 saturated heterocycles. The number of aliphatic hydroxyl groups is 1. The zero-order valence-electron chi connectivity index (χ0n) is 13.7.